The number of amides is 1. The Labute approximate surface area is 119 Å². The maximum Gasteiger partial charge on any atom is 0.248 e. The SMILES string of the molecule is NC(=O)c1cccc(COc2cc(N)cc(Br)c2)c1. The fourth-order valence-corrected chi connectivity index (χ4v) is 2.14. The van der Waals surface area contributed by atoms with E-state index in [2.05, 4.69) is 15.9 Å². The van der Waals surface area contributed by atoms with E-state index in [1.54, 1.807) is 30.3 Å². The molecule has 0 aromatic heterocycles. The molecule has 5 heteroatoms. The van der Waals surface area contributed by atoms with Gasteiger partial charge in [-0.3, -0.25) is 4.79 Å². The number of carbonyl (C=O) groups excluding carboxylic acids is 1. The molecule has 0 fully saturated rings. The van der Waals surface area contributed by atoms with E-state index in [1.165, 1.54) is 0 Å². The average molecular weight is 321 g/mol. The van der Waals surface area contributed by atoms with Gasteiger partial charge in [-0.1, -0.05) is 28.1 Å². The number of benzene rings is 2. The first-order chi connectivity index (χ1) is 9.04. The highest BCUT2D eigenvalue weighted by Crippen LogP contribution is 2.23. The van der Waals surface area contributed by atoms with Gasteiger partial charge in [-0.25, -0.2) is 0 Å². The summed E-state index contributed by atoms with van der Waals surface area (Å²) in [6, 6.07) is 12.4. The Bertz CT molecular complexity index is 594. The van der Waals surface area contributed by atoms with E-state index in [-0.39, 0.29) is 0 Å². The number of nitrogens with two attached hydrogens (primary N) is 2. The summed E-state index contributed by atoms with van der Waals surface area (Å²) in [5.74, 6) is 0.213. The summed E-state index contributed by atoms with van der Waals surface area (Å²) in [5, 5.41) is 0. The molecule has 0 spiro atoms. The summed E-state index contributed by atoms with van der Waals surface area (Å²) in [7, 11) is 0. The second kappa shape index (κ2) is 5.75. The maximum absolute atomic E-state index is 11.1. The molecule has 0 aliphatic carbocycles. The second-order valence-electron chi connectivity index (χ2n) is 4.07. The van der Waals surface area contributed by atoms with Crippen molar-refractivity contribution < 1.29 is 9.53 Å². The Morgan fingerprint density at radius 3 is 2.68 bits per heavy atom. The van der Waals surface area contributed by atoms with Crippen molar-refractivity contribution in [1.29, 1.82) is 0 Å². The number of ether oxygens (including phenoxy) is 1. The lowest BCUT2D eigenvalue weighted by Gasteiger charge is -2.08. The molecule has 4 nitrogen and oxygen atoms in total. The van der Waals surface area contributed by atoms with Crippen molar-refractivity contribution in [1.82, 2.24) is 0 Å². The molecule has 0 saturated carbocycles. The van der Waals surface area contributed by atoms with Gasteiger partial charge in [0.25, 0.3) is 0 Å². The molecule has 0 heterocycles. The van der Waals surface area contributed by atoms with Crippen LogP contribution in [0.25, 0.3) is 0 Å². The summed E-state index contributed by atoms with van der Waals surface area (Å²) < 4.78 is 6.48. The zero-order valence-electron chi connectivity index (χ0n) is 10.1. The Morgan fingerprint density at radius 2 is 2.00 bits per heavy atom. The van der Waals surface area contributed by atoms with Crippen LogP contribution in [0.5, 0.6) is 5.75 Å². The third-order valence-electron chi connectivity index (χ3n) is 2.51. The largest absolute Gasteiger partial charge is 0.489 e. The molecule has 0 unspecified atom stereocenters. The van der Waals surface area contributed by atoms with E-state index >= 15 is 0 Å². The van der Waals surface area contributed by atoms with Gasteiger partial charge in [0.2, 0.25) is 5.91 Å². The van der Waals surface area contributed by atoms with Gasteiger partial charge in [-0.05, 0) is 29.8 Å². The fourth-order valence-electron chi connectivity index (χ4n) is 1.65. The van der Waals surface area contributed by atoms with E-state index < -0.39 is 5.91 Å². The van der Waals surface area contributed by atoms with Crippen molar-refractivity contribution in [3.05, 3.63) is 58.1 Å². The van der Waals surface area contributed by atoms with Crippen LogP contribution >= 0.6 is 15.9 Å². The zero-order chi connectivity index (χ0) is 13.8. The molecular weight excluding hydrogens is 308 g/mol. The van der Waals surface area contributed by atoms with Crippen LogP contribution in [-0.4, -0.2) is 5.91 Å². The lowest BCUT2D eigenvalue weighted by molar-refractivity contribution is 0.1000. The fraction of sp³-hybridized carbons (Fsp3) is 0.0714. The Hall–Kier alpha value is -2.01. The summed E-state index contributed by atoms with van der Waals surface area (Å²) in [5.41, 5.74) is 12.9. The number of carbonyl (C=O) groups is 1. The van der Waals surface area contributed by atoms with Crippen molar-refractivity contribution in [3.63, 3.8) is 0 Å². The van der Waals surface area contributed by atoms with Crippen LogP contribution in [0, 0.1) is 0 Å². The monoisotopic (exact) mass is 320 g/mol. The van der Waals surface area contributed by atoms with Crippen LogP contribution in [0.15, 0.2) is 46.9 Å². The van der Waals surface area contributed by atoms with Gasteiger partial charge >= 0.3 is 0 Å². The maximum atomic E-state index is 11.1. The van der Waals surface area contributed by atoms with E-state index in [1.807, 2.05) is 12.1 Å². The Balaban J connectivity index is 2.10. The molecule has 0 aliphatic rings. The molecule has 0 bridgehead atoms. The van der Waals surface area contributed by atoms with Gasteiger partial charge in [0.05, 0.1) is 0 Å². The summed E-state index contributed by atoms with van der Waals surface area (Å²) in [6.45, 7) is 0.344. The molecule has 0 atom stereocenters. The summed E-state index contributed by atoms with van der Waals surface area (Å²) in [6.07, 6.45) is 0. The number of halogens is 1. The summed E-state index contributed by atoms with van der Waals surface area (Å²) in [4.78, 5) is 11.1. The highest BCUT2D eigenvalue weighted by Gasteiger charge is 2.03. The minimum Gasteiger partial charge on any atom is -0.489 e. The van der Waals surface area contributed by atoms with E-state index in [0.29, 0.717) is 23.6 Å². The first kappa shape index (κ1) is 13.4. The standard InChI is InChI=1S/C14H13BrN2O2/c15-11-5-12(16)7-13(6-11)19-8-9-2-1-3-10(4-9)14(17)18/h1-7H,8,16H2,(H2,17,18). The molecule has 98 valence electrons. The topological polar surface area (TPSA) is 78.3 Å². The van der Waals surface area contributed by atoms with Crippen LogP contribution in [-0.2, 0) is 6.61 Å². The van der Waals surface area contributed by atoms with Gasteiger partial charge in [0.1, 0.15) is 12.4 Å². The van der Waals surface area contributed by atoms with Gasteiger partial charge in [-0.15, -0.1) is 0 Å². The smallest absolute Gasteiger partial charge is 0.248 e. The van der Waals surface area contributed by atoms with Crippen molar-refractivity contribution in [3.8, 4) is 5.75 Å². The van der Waals surface area contributed by atoms with Crippen molar-refractivity contribution in [2.75, 3.05) is 5.73 Å². The second-order valence-corrected chi connectivity index (χ2v) is 4.99. The highest BCUT2D eigenvalue weighted by atomic mass is 79.9. The van der Waals surface area contributed by atoms with Gasteiger partial charge in [-0.2, -0.15) is 0 Å². The van der Waals surface area contributed by atoms with Crippen LogP contribution in [0.1, 0.15) is 15.9 Å². The number of hydrogen-bond acceptors (Lipinski definition) is 3. The first-order valence-corrected chi connectivity index (χ1v) is 6.41. The van der Waals surface area contributed by atoms with E-state index in [9.17, 15) is 4.79 Å². The molecule has 4 N–H and O–H groups in total. The molecule has 0 aliphatic heterocycles. The van der Waals surface area contributed by atoms with E-state index in [4.69, 9.17) is 16.2 Å². The van der Waals surface area contributed by atoms with Crippen LogP contribution in [0.2, 0.25) is 0 Å². The zero-order valence-corrected chi connectivity index (χ0v) is 11.7. The molecule has 2 aromatic rings. The molecule has 2 rings (SSSR count). The molecule has 2 aromatic carbocycles. The number of rotatable bonds is 4. The molecule has 1 amide bonds. The quantitative estimate of drug-likeness (QED) is 0.850. The lowest BCUT2D eigenvalue weighted by Crippen LogP contribution is -2.11. The van der Waals surface area contributed by atoms with Gasteiger partial charge in [0.15, 0.2) is 0 Å². The Morgan fingerprint density at radius 1 is 1.21 bits per heavy atom. The highest BCUT2D eigenvalue weighted by molar-refractivity contribution is 9.10. The summed E-state index contributed by atoms with van der Waals surface area (Å²) >= 11 is 3.35. The van der Waals surface area contributed by atoms with Crippen LogP contribution in [0.3, 0.4) is 0 Å². The predicted molar refractivity (Wildman–Crippen MR) is 77.8 cm³/mol. The Kier molecular flexibility index (Phi) is 4.06. The normalized spacial score (nSPS) is 10.2. The van der Waals surface area contributed by atoms with Gasteiger partial charge < -0.3 is 16.2 Å². The number of nitrogen functional groups attached to an aromatic ring is 1. The van der Waals surface area contributed by atoms with Crippen molar-refractivity contribution in [2.45, 2.75) is 6.61 Å². The van der Waals surface area contributed by atoms with Crippen LogP contribution < -0.4 is 16.2 Å². The number of primary amides is 1. The minimum atomic E-state index is -0.450. The number of anilines is 1. The number of hydrogen-bond donors (Lipinski definition) is 2. The van der Waals surface area contributed by atoms with Crippen LogP contribution in [0.4, 0.5) is 5.69 Å². The first-order valence-electron chi connectivity index (χ1n) is 5.62. The minimum absolute atomic E-state index is 0.344. The molecule has 19 heavy (non-hydrogen) atoms. The van der Waals surface area contributed by atoms with E-state index in [0.717, 1.165) is 10.0 Å². The molecule has 0 radical (unpaired) electrons. The average Bonchev–Trinajstić information content (AvgIpc) is 2.35. The molecule has 0 saturated heterocycles. The predicted octanol–water partition coefficient (Wildman–Crippen LogP) is 2.71. The van der Waals surface area contributed by atoms with Gasteiger partial charge in [0, 0.05) is 21.8 Å². The van der Waals surface area contributed by atoms with Crippen molar-refractivity contribution >= 4 is 27.5 Å². The van der Waals surface area contributed by atoms with Crippen molar-refractivity contribution in [2.24, 2.45) is 5.73 Å². The third-order valence-corrected chi connectivity index (χ3v) is 2.97. The third kappa shape index (κ3) is 3.72. The lowest BCUT2D eigenvalue weighted by atomic mass is 10.1. The molecular formula is C14H13BrN2O2.